The van der Waals surface area contributed by atoms with E-state index in [9.17, 15) is 24.3 Å². The van der Waals surface area contributed by atoms with Crippen LogP contribution in [0.5, 0.6) is 11.5 Å². The maximum atomic E-state index is 15.8. The number of amides is 1. The Morgan fingerprint density at radius 2 is 1.80 bits per heavy atom. The summed E-state index contributed by atoms with van der Waals surface area (Å²) < 4.78 is 39.4. The van der Waals surface area contributed by atoms with Crippen molar-refractivity contribution in [3.63, 3.8) is 0 Å². The fourth-order valence-electron chi connectivity index (χ4n) is 5.82. The van der Waals surface area contributed by atoms with Gasteiger partial charge >= 0.3 is 11.7 Å². The summed E-state index contributed by atoms with van der Waals surface area (Å²) in [5.41, 5.74) is -0.261. The van der Waals surface area contributed by atoms with Crippen LogP contribution in [0.2, 0.25) is 0 Å². The molecule has 0 spiro atoms. The minimum Gasteiger partial charge on any atom is -0.481 e. The van der Waals surface area contributed by atoms with Gasteiger partial charge in [-0.2, -0.15) is 0 Å². The summed E-state index contributed by atoms with van der Waals surface area (Å²) in [6, 6.07) is 9.76. The number of fused-ring (bicyclic) bond motifs is 7. The van der Waals surface area contributed by atoms with Crippen LogP contribution in [0.25, 0.3) is 22.0 Å². The zero-order valence-corrected chi connectivity index (χ0v) is 24.3. The molecule has 0 saturated carbocycles. The lowest BCUT2D eigenvalue weighted by Gasteiger charge is -2.25. The average molecular weight is 613 g/mol. The molecule has 5 aromatic rings. The molecule has 2 atom stereocenters. The molecule has 0 aliphatic carbocycles. The number of benzene rings is 3. The number of rotatable bonds is 3. The zero-order valence-electron chi connectivity index (χ0n) is 24.3. The molecule has 1 aliphatic heterocycles. The highest BCUT2D eigenvalue weighted by atomic mass is 19.1. The lowest BCUT2D eigenvalue weighted by molar-refractivity contribution is -0.137. The van der Waals surface area contributed by atoms with Gasteiger partial charge in [0.15, 0.2) is 0 Å². The van der Waals surface area contributed by atoms with Crippen molar-refractivity contribution in [2.24, 2.45) is 7.05 Å². The number of ether oxygens (including phenoxy) is 1. The minimum atomic E-state index is -1.95. The fourth-order valence-corrected chi connectivity index (χ4v) is 5.82. The van der Waals surface area contributed by atoms with Crippen molar-refractivity contribution >= 4 is 22.8 Å². The standard InChI is InChI=1S/C33H26F2N4O6/c1-16-5-4-6-26-28(16)18-11-17(2)29(35)22(12-18)24(14-27(40)41)37-31(42)30(21-13-19(45-26)7-8-23(21)34)39-32(43)20-9-10-36-15-25(20)38(3)33(39)44/h4-13,15,24,30H,14H2,1-3H3,(H,37,42)(H,40,41)/t24-,30+/m1/s1. The molecular weight excluding hydrogens is 586 g/mol. The van der Waals surface area contributed by atoms with E-state index in [-0.39, 0.29) is 27.8 Å². The van der Waals surface area contributed by atoms with E-state index < -0.39 is 58.8 Å². The monoisotopic (exact) mass is 612 g/mol. The third kappa shape index (κ3) is 5.03. The lowest BCUT2D eigenvalue weighted by atomic mass is 9.92. The molecule has 0 fully saturated rings. The van der Waals surface area contributed by atoms with Crippen LogP contribution in [0.4, 0.5) is 8.78 Å². The van der Waals surface area contributed by atoms with E-state index >= 15 is 8.78 Å². The van der Waals surface area contributed by atoms with E-state index in [0.29, 0.717) is 21.4 Å². The fraction of sp³-hybridized carbons (Fsp3) is 0.182. The molecule has 12 heteroatoms. The summed E-state index contributed by atoms with van der Waals surface area (Å²) in [7, 11) is 1.37. The van der Waals surface area contributed by atoms with Crippen molar-refractivity contribution in [2.45, 2.75) is 32.4 Å². The zero-order chi connectivity index (χ0) is 32.2. The first-order valence-corrected chi connectivity index (χ1v) is 13.9. The molecule has 2 N–H and O–H groups in total. The summed E-state index contributed by atoms with van der Waals surface area (Å²) in [4.78, 5) is 57.7. The number of carboxylic acids is 1. The number of carbonyl (C=O) groups is 2. The molecule has 4 bridgehead atoms. The lowest BCUT2D eigenvalue weighted by Crippen LogP contribution is -2.48. The van der Waals surface area contributed by atoms with Gasteiger partial charge in [0.05, 0.1) is 29.6 Å². The number of pyridine rings is 1. The molecule has 0 saturated heterocycles. The summed E-state index contributed by atoms with van der Waals surface area (Å²) in [5.74, 6) is -3.76. The number of carboxylic acid groups (broad SMARTS) is 1. The van der Waals surface area contributed by atoms with Gasteiger partial charge in [0.2, 0.25) is 5.91 Å². The van der Waals surface area contributed by atoms with Crippen molar-refractivity contribution in [3.05, 3.63) is 122 Å². The second-order valence-electron chi connectivity index (χ2n) is 10.9. The predicted molar refractivity (Wildman–Crippen MR) is 160 cm³/mol. The number of nitrogens with one attached hydrogen (secondary N) is 1. The highest BCUT2D eigenvalue weighted by molar-refractivity contribution is 5.86. The number of hydrogen-bond donors (Lipinski definition) is 2. The Labute approximate surface area is 254 Å². The Hall–Kier alpha value is -5.65. The van der Waals surface area contributed by atoms with Crippen LogP contribution in [0.15, 0.2) is 76.6 Å². The van der Waals surface area contributed by atoms with Crippen molar-refractivity contribution < 1.29 is 28.2 Å². The van der Waals surface area contributed by atoms with Gasteiger partial charge < -0.3 is 15.2 Å². The van der Waals surface area contributed by atoms with E-state index in [2.05, 4.69) is 10.3 Å². The minimum absolute atomic E-state index is 0.0245. The Morgan fingerprint density at radius 1 is 1.02 bits per heavy atom. The molecular formula is C33H26F2N4O6. The molecule has 228 valence electrons. The van der Waals surface area contributed by atoms with Crippen LogP contribution >= 0.6 is 0 Å². The first-order chi connectivity index (χ1) is 21.5. The Kier molecular flexibility index (Phi) is 7.27. The quantitative estimate of drug-likeness (QED) is 0.302. The highest BCUT2D eigenvalue weighted by Gasteiger charge is 2.34. The van der Waals surface area contributed by atoms with Crippen LogP contribution in [-0.4, -0.2) is 31.1 Å². The number of nitrogens with zero attached hydrogens (tertiary/aromatic N) is 3. The van der Waals surface area contributed by atoms with Crippen molar-refractivity contribution in [1.29, 1.82) is 0 Å². The number of aryl methyl sites for hydroxylation is 3. The van der Waals surface area contributed by atoms with E-state index in [4.69, 9.17) is 4.74 Å². The predicted octanol–water partition coefficient (Wildman–Crippen LogP) is 4.68. The molecule has 0 unspecified atom stereocenters. The topological polar surface area (TPSA) is 133 Å². The maximum Gasteiger partial charge on any atom is 0.332 e. The summed E-state index contributed by atoms with van der Waals surface area (Å²) in [6.07, 6.45) is 1.88. The van der Waals surface area contributed by atoms with Gasteiger partial charge in [-0.3, -0.25) is 23.9 Å². The second-order valence-corrected chi connectivity index (χ2v) is 10.9. The number of hydrogen-bond acceptors (Lipinski definition) is 6. The SMILES string of the molecule is Cc1cc2cc(c1F)[C@@H](CC(=O)O)NC(=O)[C@@H](n1c(=O)c3ccncc3n(C)c1=O)c1cc(ccc1F)Oc1cccc(C)c1-2. The van der Waals surface area contributed by atoms with Crippen molar-refractivity contribution in [2.75, 3.05) is 0 Å². The number of aromatic nitrogens is 3. The van der Waals surface area contributed by atoms with Gasteiger partial charge in [-0.25, -0.2) is 18.1 Å². The highest BCUT2D eigenvalue weighted by Crippen LogP contribution is 2.40. The van der Waals surface area contributed by atoms with Crippen LogP contribution in [0.1, 0.15) is 40.8 Å². The largest absolute Gasteiger partial charge is 0.481 e. The molecule has 3 aromatic carbocycles. The first-order valence-electron chi connectivity index (χ1n) is 13.9. The summed E-state index contributed by atoms with van der Waals surface area (Å²) in [5, 5.41) is 12.3. The van der Waals surface area contributed by atoms with Crippen molar-refractivity contribution in [3.8, 4) is 22.6 Å². The average Bonchev–Trinajstić information content (AvgIpc) is 3.00. The molecule has 1 amide bonds. The molecule has 3 heterocycles. The van der Waals surface area contributed by atoms with Gasteiger partial charge in [-0.1, -0.05) is 12.1 Å². The van der Waals surface area contributed by atoms with Crippen LogP contribution in [0.3, 0.4) is 0 Å². The van der Waals surface area contributed by atoms with Crippen LogP contribution in [0, 0.1) is 25.5 Å². The molecule has 1 aliphatic rings. The Bertz CT molecular complexity index is 2170. The molecule has 0 radical (unpaired) electrons. The van der Waals surface area contributed by atoms with Gasteiger partial charge in [-0.05, 0) is 73.0 Å². The van der Waals surface area contributed by atoms with E-state index in [1.807, 2.05) is 13.0 Å². The third-order valence-corrected chi connectivity index (χ3v) is 7.98. The second kappa shape index (κ2) is 11.1. The Morgan fingerprint density at radius 3 is 2.56 bits per heavy atom. The maximum absolute atomic E-state index is 15.8. The normalized spacial score (nSPS) is 16.1. The van der Waals surface area contributed by atoms with E-state index in [0.717, 1.165) is 16.2 Å². The number of halogens is 2. The van der Waals surface area contributed by atoms with E-state index in [1.54, 1.807) is 18.2 Å². The molecule has 10 nitrogen and oxygen atoms in total. The van der Waals surface area contributed by atoms with Crippen LogP contribution < -0.4 is 21.3 Å². The first kappa shape index (κ1) is 29.4. The van der Waals surface area contributed by atoms with Crippen LogP contribution in [-0.2, 0) is 16.6 Å². The summed E-state index contributed by atoms with van der Waals surface area (Å²) >= 11 is 0. The van der Waals surface area contributed by atoms with Gasteiger partial charge in [0.1, 0.15) is 29.2 Å². The van der Waals surface area contributed by atoms with Gasteiger partial charge in [0.25, 0.3) is 5.56 Å². The number of carbonyl (C=O) groups excluding carboxylic acids is 1. The smallest absolute Gasteiger partial charge is 0.332 e. The Balaban J connectivity index is 1.70. The number of aliphatic carboxylic acids is 1. The van der Waals surface area contributed by atoms with Gasteiger partial charge in [-0.15, -0.1) is 0 Å². The third-order valence-electron chi connectivity index (χ3n) is 7.98. The van der Waals surface area contributed by atoms with Crippen molar-refractivity contribution in [1.82, 2.24) is 19.4 Å². The molecule has 45 heavy (non-hydrogen) atoms. The van der Waals surface area contributed by atoms with Gasteiger partial charge in [0, 0.05) is 29.9 Å². The molecule has 6 rings (SSSR count). The van der Waals surface area contributed by atoms with E-state index in [1.165, 1.54) is 50.6 Å². The summed E-state index contributed by atoms with van der Waals surface area (Å²) in [6.45, 7) is 3.33. The molecule has 2 aromatic heterocycles.